The van der Waals surface area contributed by atoms with E-state index in [1.54, 1.807) is 12.4 Å². The zero-order chi connectivity index (χ0) is 20.2. The number of carbonyl (C=O) groups is 1. The number of aromatic nitrogens is 3. The van der Waals surface area contributed by atoms with E-state index in [0.717, 1.165) is 54.5 Å². The minimum Gasteiger partial charge on any atom is -0.397 e. The van der Waals surface area contributed by atoms with Crippen molar-refractivity contribution in [2.24, 2.45) is 0 Å². The number of nitrogens with zero attached hydrogens (tertiary/aromatic N) is 3. The van der Waals surface area contributed by atoms with Crippen LogP contribution in [0.3, 0.4) is 0 Å². The van der Waals surface area contributed by atoms with Gasteiger partial charge in [0.15, 0.2) is 5.69 Å². The van der Waals surface area contributed by atoms with E-state index in [9.17, 15) is 4.79 Å². The van der Waals surface area contributed by atoms with Gasteiger partial charge < -0.3 is 11.1 Å². The first-order valence-electron chi connectivity index (χ1n) is 9.76. The van der Waals surface area contributed by atoms with Gasteiger partial charge in [0.1, 0.15) is 0 Å². The molecule has 1 amide bonds. The minimum atomic E-state index is -0.147. The molecule has 0 atom stereocenters. The summed E-state index contributed by atoms with van der Waals surface area (Å²) in [6.07, 6.45) is 5.20. The highest BCUT2D eigenvalue weighted by Crippen LogP contribution is 2.26. The molecular formula is C22H24N6O. The number of hydrogen-bond acceptors (Lipinski definition) is 5. The fourth-order valence-electron chi connectivity index (χ4n) is 3.66. The molecule has 3 heterocycles. The van der Waals surface area contributed by atoms with Gasteiger partial charge in [-0.2, -0.15) is 5.10 Å². The van der Waals surface area contributed by atoms with Crippen molar-refractivity contribution in [1.82, 2.24) is 25.4 Å². The average Bonchev–Trinajstić information content (AvgIpc) is 3.16. The number of rotatable bonds is 4. The lowest BCUT2D eigenvalue weighted by atomic mass is 10.0. The summed E-state index contributed by atoms with van der Waals surface area (Å²) < 4.78 is 0. The van der Waals surface area contributed by atoms with E-state index in [4.69, 9.17) is 5.73 Å². The van der Waals surface area contributed by atoms with Crippen molar-refractivity contribution in [3.63, 3.8) is 0 Å². The monoisotopic (exact) mass is 388 g/mol. The molecular weight excluding hydrogens is 364 g/mol. The number of fused-ring (bicyclic) bond motifs is 1. The summed E-state index contributed by atoms with van der Waals surface area (Å²) in [5, 5.41) is 11.1. The van der Waals surface area contributed by atoms with Crippen LogP contribution in [-0.4, -0.2) is 51.7 Å². The number of anilines is 1. The number of nitrogens with two attached hydrogens (primary N) is 1. The van der Waals surface area contributed by atoms with E-state index in [-0.39, 0.29) is 11.9 Å². The second-order valence-electron chi connectivity index (χ2n) is 7.29. The third-order valence-corrected chi connectivity index (χ3v) is 5.27. The van der Waals surface area contributed by atoms with Crippen LogP contribution in [0.5, 0.6) is 0 Å². The maximum absolute atomic E-state index is 12.9. The number of pyridine rings is 1. The van der Waals surface area contributed by atoms with Crippen molar-refractivity contribution in [3.8, 4) is 23.0 Å². The van der Waals surface area contributed by atoms with Crippen LogP contribution in [0.2, 0.25) is 0 Å². The number of H-pyrrole nitrogens is 1. The molecule has 0 radical (unpaired) electrons. The third-order valence-electron chi connectivity index (χ3n) is 5.27. The van der Waals surface area contributed by atoms with Gasteiger partial charge in [-0.25, -0.2) is 0 Å². The van der Waals surface area contributed by atoms with Crippen LogP contribution < -0.4 is 11.1 Å². The van der Waals surface area contributed by atoms with Crippen LogP contribution in [-0.2, 0) is 0 Å². The van der Waals surface area contributed by atoms with Crippen LogP contribution in [0.4, 0.5) is 5.69 Å². The van der Waals surface area contributed by atoms with Gasteiger partial charge in [-0.15, -0.1) is 5.92 Å². The molecule has 148 valence electrons. The highest BCUT2D eigenvalue weighted by molar-refractivity contribution is 6.05. The maximum Gasteiger partial charge on any atom is 0.272 e. The Morgan fingerprint density at radius 3 is 2.86 bits per heavy atom. The predicted octanol–water partition coefficient (Wildman–Crippen LogP) is 2.42. The lowest BCUT2D eigenvalue weighted by molar-refractivity contribution is 0.0911. The fourth-order valence-corrected chi connectivity index (χ4v) is 3.66. The molecule has 4 rings (SSSR count). The van der Waals surface area contributed by atoms with E-state index in [2.05, 4.69) is 37.2 Å². The number of carbonyl (C=O) groups excluding carboxylic acids is 1. The van der Waals surface area contributed by atoms with E-state index < -0.39 is 0 Å². The van der Waals surface area contributed by atoms with Gasteiger partial charge in [0.2, 0.25) is 0 Å². The number of benzene rings is 1. The van der Waals surface area contributed by atoms with Crippen molar-refractivity contribution in [3.05, 3.63) is 42.4 Å². The van der Waals surface area contributed by atoms with E-state index in [1.165, 1.54) is 0 Å². The number of aromatic amines is 1. The second-order valence-corrected chi connectivity index (χ2v) is 7.29. The number of piperidine rings is 1. The highest BCUT2D eigenvalue weighted by atomic mass is 16.2. The molecule has 1 aliphatic rings. The molecule has 1 aliphatic heterocycles. The Labute approximate surface area is 169 Å². The van der Waals surface area contributed by atoms with E-state index >= 15 is 0 Å². The first-order chi connectivity index (χ1) is 14.1. The fraction of sp³-hybridized carbons (Fsp3) is 0.318. The molecule has 0 bridgehead atoms. The Kier molecular flexibility index (Phi) is 5.45. The normalized spacial score (nSPS) is 15.1. The summed E-state index contributed by atoms with van der Waals surface area (Å²) in [6, 6.07) is 7.86. The summed E-state index contributed by atoms with van der Waals surface area (Å²) in [6.45, 7) is 4.53. The zero-order valence-electron chi connectivity index (χ0n) is 16.4. The molecule has 1 aromatic carbocycles. The first-order valence-corrected chi connectivity index (χ1v) is 9.76. The summed E-state index contributed by atoms with van der Waals surface area (Å²) in [5.74, 6) is 5.88. The minimum absolute atomic E-state index is 0.147. The first kappa shape index (κ1) is 19.0. The van der Waals surface area contributed by atoms with Crippen molar-refractivity contribution in [2.45, 2.75) is 25.8 Å². The van der Waals surface area contributed by atoms with Gasteiger partial charge in [0.25, 0.3) is 5.91 Å². The van der Waals surface area contributed by atoms with Gasteiger partial charge >= 0.3 is 0 Å². The molecule has 1 fully saturated rings. The van der Waals surface area contributed by atoms with E-state index in [0.29, 0.717) is 11.4 Å². The molecule has 0 saturated carbocycles. The molecule has 2 aromatic heterocycles. The SMILES string of the molecule is CC#CCN1CCC(NC(=O)c2n[nH]c3ccc(-c4cncc(N)c4)cc23)CC1. The van der Waals surface area contributed by atoms with Crippen LogP contribution in [0.25, 0.3) is 22.0 Å². The quantitative estimate of drug-likeness (QED) is 0.596. The Bertz CT molecular complexity index is 1090. The van der Waals surface area contributed by atoms with Crippen LogP contribution in [0.1, 0.15) is 30.3 Å². The molecule has 0 spiro atoms. The lowest BCUT2D eigenvalue weighted by Gasteiger charge is -2.30. The van der Waals surface area contributed by atoms with Gasteiger partial charge in [0.05, 0.1) is 17.7 Å². The summed E-state index contributed by atoms with van der Waals surface area (Å²) >= 11 is 0. The van der Waals surface area contributed by atoms with Crippen molar-refractivity contribution in [1.29, 1.82) is 0 Å². The number of nitrogen functional groups attached to an aromatic ring is 1. The van der Waals surface area contributed by atoms with Crippen molar-refractivity contribution in [2.75, 3.05) is 25.4 Å². The maximum atomic E-state index is 12.9. The highest BCUT2D eigenvalue weighted by Gasteiger charge is 2.23. The lowest BCUT2D eigenvalue weighted by Crippen LogP contribution is -2.44. The average molecular weight is 388 g/mol. The smallest absolute Gasteiger partial charge is 0.272 e. The molecule has 7 heteroatoms. The summed E-state index contributed by atoms with van der Waals surface area (Å²) in [4.78, 5) is 19.3. The second kappa shape index (κ2) is 8.33. The summed E-state index contributed by atoms with van der Waals surface area (Å²) in [5.41, 5.74) is 9.54. The zero-order valence-corrected chi connectivity index (χ0v) is 16.4. The predicted molar refractivity (Wildman–Crippen MR) is 114 cm³/mol. The van der Waals surface area contributed by atoms with Gasteiger partial charge in [-0.05, 0) is 43.5 Å². The van der Waals surface area contributed by atoms with Crippen molar-refractivity contribution >= 4 is 22.5 Å². The van der Waals surface area contributed by atoms with E-state index in [1.807, 2.05) is 31.2 Å². The molecule has 7 nitrogen and oxygen atoms in total. The Morgan fingerprint density at radius 2 is 2.10 bits per heavy atom. The number of nitrogens with one attached hydrogen (secondary N) is 2. The third kappa shape index (κ3) is 4.23. The molecule has 0 aliphatic carbocycles. The summed E-state index contributed by atoms with van der Waals surface area (Å²) in [7, 11) is 0. The van der Waals surface area contributed by atoms with Crippen LogP contribution in [0, 0.1) is 11.8 Å². The standard InChI is InChI=1S/C22H24N6O/c1-2-3-8-28-9-6-18(7-10-28)25-22(29)21-19-12-15(4-5-20(19)26-27-21)16-11-17(23)14-24-13-16/h4-5,11-14,18H,6-10,23H2,1H3,(H,25,29)(H,26,27). The molecule has 4 N–H and O–H groups in total. The van der Waals surface area contributed by atoms with Gasteiger partial charge in [-0.1, -0.05) is 12.0 Å². The topological polar surface area (TPSA) is 99.9 Å². The molecule has 3 aromatic rings. The van der Waals surface area contributed by atoms with Gasteiger partial charge in [0, 0.05) is 42.5 Å². The number of hydrogen-bond donors (Lipinski definition) is 3. The largest absolute Gasteiger partial charge is 0.397 e. The Morgan fingerprint density at radius 1 is 1.28 bits per heavy atom. The Balaban J connectivity index is 1.49. The van der Waals surface area contributed by atoms with Crippen LogP contribution in [0.15, 0.2) is 36.7 Å². The number of amides is 1. The van der Waals surface area contributed by atoms with Crippen molar-refractivity contribution < 1.29 is 4.79 Å². The molecule has 1 saturated heterocycles. The molecule has 0 unspecified atom stereocenters. The Hall–Kier alpha value is -3.37. The van der Waals surface area contributed by atoms with Crippen LogP contribution >= 0.6 is 0 Å². The van der Waals surface area contributed by atoms with Gasteiger partial charge in [-0.3, -0.25) is 19.8 Å². The molecule has 29 heavy (non-hydrogen) atoms. The number of likely N-dealkylation sites (tertiary alicyclic amines) is 1.